The van der Waals surface area contributed by atoms with Crippen LogP contribution in [0.4, 0.5) is 0 Å². The van der Waals surface area contributed by atoms with E-state index in [1.165, 1.54) is 32.1 Å². The Bertz CT molecular complexity index is 369. The molecule has 0 bridgehead atoms. The first-order valence-electron chi connectivity index (χ1n) is 8.06. The molecule has 0 spiro atoms. The number of thiocarbonyl (C=S) groups is 1. The molecule has 0 heterocycles. The third-order valence-corrected chi connectivity index (χ3v) is 5.79. The van der Waals surface area contributed by atoms with Crippen molar-refractivity contribution in [2.45, 2.75) is 58.8 Å². The molecule has 0 unspecified atom stereocenters. The summed E-state index contributed by atoms with van der Waals surface area (Å²) in [5.74, 6) is 2.17. The average Bonchev–Trinajstić information content (AvgIpc) is 2.41. The minimum atomic E-state index is -0.546. The molecule has 2 fully saturated rings. The number of carbonyl (C=O) groups is 1. The molecule has 0 aliphatic heterocycles. The fourth-order valence-corrected chi connectivity index (χ4v) is 4.14. The molecule has 0 aromatic rings. The van der Waals surface area contributed by atoms with Gasteiger partial charge in [0, 0.05) is 6.54 Å². The number of rotatable bonds is 5. The third kappa shape index (κ3) is 3.16. The van der Waals surface area contributed by atoms with Gasteiger partial charge in [0.15, 0.2) is 0 Å². The summed E-state index contributed by atoms with van der Waals surface area (Å²) >= 11 is 5.13. The molecule has 2 saturated carbocycles. The lowest BCUT2D eigenvalue weighted by Gasteiger charge is -2.44. The van der Waals surface area contributed by atoms with Crippen LogP contribution in [0.5, 0.6) is 0 Å². The maximum atomic E-state index is 12.4. The van der Waals surface area contributed by atoms with Crippen molar-refractivity contribution in [3.63, 3.8) is 0 Å². The summed E-state index contributed by atoms with van der Waals surface area (Å²) in [6, 6.07) is 0. The zero-order valence-electron chi connectivity index (χ0n) is 12.8. The van der Waals surface area contributed by atoms with Crippen LogP contribution in [0.2, 0.25) is 0 Å². The van der Waals surface area contributed by atoms with Gasteiger partial charge in [0.1, 0.15) is 0 Å². The monoisotopic (exact) mass is 296 g/mol. The summed E-state index contributed by atoms with van der Waals surface area (Å²) < 4.78 is 0. The van der Waals surface area contributed by atoms with Gasteiger partial charge >= 0.3 is 0 Å². The van der Waals surface area contributed by atoms with E-state index < -0.39 is 5.41 Å². The molecule has 2 aliphatic rings. The molecule has 0 aromatic heterocycles. The van der Waals surface area contributed by atoms with Gasteiger partial charge in [0.05, 0.1) is 10.4 Å². The summed E-state index contributed by atoms with van der Waals surface area (Å²) in [6.07, 6.45) is 8.04. The minimum Gasteiger partial charge on any atom is -0.392 e. The first-order chi connectivity index (χ1) is 9.48. The zero-order chi connectivity index (χ0) is 14.8. The Balaban J connectivity index is 1.79. The Morgan fingerprint density at radius 2 is 1.80 bits per heavy atom. The van der Waals surface area contributed by atoms with Gasteiger partial charge in [-0.05, 0) is 43.4 Å². The highest BCUT2D eigenvalue weighted by Gasteiger charge is 2.50. The smallest absolute Gasteiger partial charge is 0.233 e. The predicted octanol–water partition coefficient (Wildman–Crippen LogP) is 3.02. The van der Waals surface area contributed by atoms with Crippen LogP contribution in [0.15, 0.2) is 0 Å². The first-order valence-corrected chi connectivity index (χ1v) is 8.47. The van der Waals surface area contributed by atoms with Gasteiger partial charge in [0.25, 0.3) is 0 Å². The Morgan fingerprint density at radius 3 is 2.25 bits per heavy atom. The predicted molar refractivity (Wildman–Crippen MR) is 86.4 cm³/mol. The molecule has 0 aromatic carbocycles. The van der Waals surface area contributed by atoms with Gasteiger partial charge in [-0.3, -0.25) is 4.79 Å². The number of hydrogen-bond acceptors (Lipinski definition) is 2. The summed E-state index contributed by atoms with van der Waals surface area (Å²) in [5, 5.41) is 3.12. The number of nitrogens with two attached hydrogens (primary N) is 1. The van der Waals surface area contributed by atoms with Crippen molar-refractivity contribution in [1.29, 1.82) is 0 Å². The van der Waals surface area contributed by atoms with Gasteiger partial charge in [-0.15, -0.1) is 0 Å². The van der Waals surface area contributed by atoms with Crippen molar-refractivity contribution >= 4 is 23.1 Å². The topological polar surface area (TPSA) is 55.1 Å². The molecular weight excluding hydrogens is 268 g/mol. The molecule has 3 nitrogen and oxygen atoms in total. The van der Waals surface area contributed by atoms with Crippen LogP contribution in [0, 0.1) is 23.2 Å². The largest absolute Gasteiger partial charge is 0.392 e. The summed E-state index contributed by atoms with van der Waals surface area (Å²) in [6.45, 7) is 5.22. The number of hydrogen-bond donors (Lipinski definition) is 2. The molecule has 4 heteroatoms. The third-order valence-electron chi connectivity index (χ3n) is 5.40. The maximum absolute atomic E-state index is 12.4. The number of nitrogens with one attached hydrogen (secondary N) is 1. The van der Waals surface area contributed by atoms with Crippen molar-refractivity contribution in [2.24, 2.45) is 28.9 Å². The van der Waals surface area contributed by atoms with Crippen molar-refractivity contribution in [1.82, 2.24) is 5.32 Å². The summed E-state index contributed by atoms with van der Waals surface area (Å²) in [7, 11) is 0. The van der Waals surface area contributed by atoms with Crippen LogP contribution in [-0.4, -0.2) is 17.4 Å². The molecule has 1 amide bonds. The number of carbonyl (C=O) groups excluding carboxylic acids is 1. The Morgan fingerprint density at radius 1 is 1.25 bits per heavy atom. The fourth-order valence-electron chi connectivity index (χ4n) is 3.88. The quantitative estimate of drug-likeness (QED) is 0.767. The van der Waals surface area contributed by atoms with E-state index in [4.69, 9.17) is 18.0 Å². The van der Waals surface area contributed by atoms with Gasteiger partial charge in [-0.2, -0.15) is 0 Å². The highest BCUT2D eigenvalue weighted by Crippen LogP contribution is 2.46. The maximum Gasteiger partial charge on any atom is 0.233 e. The van der Waals surface area contributed by atoms with Gasteiger partial charge in [-0.25, -0.2) is 0 Å². The van der Waals surface area contributed by atoms with Crippen LogP contribution in [0.3, 0.4) is 0 Å². The molecule has 3 N–H and O–H groups in total. The SMILES string of the molecule is CCC1CCC(CNC(=O)C2(C(N)=S)CC(C)C2)CC1. The Kier molecular flexibility index (Phi) is 5.05. The van der Waals surface area contributed by atoms with E-state index in [2.05, 4.69) is 19.2 Å². The minimum absolute atomic E-state index is 0.0701. The Hall–Kier alpha value is -0.640. The molecular formula is C16H28N2OS. The highest BCUT2D eigenvalue weighted by atomic mass is 32.1. The van der Waals surface area contributed by atoms with Gasteiger partial charge in [0.2, 0.25) is 5.91 Å². The normalized spacial score (nSPS) is 37.0. The van der Waals surface area contributed by atoms with Crippen LogP contribution < -0.4 is 11.1 Å². The molecule has 2 aliphatic carbocycles. The van der Waals surface area contributed by atoms with E-state index in [0.717, 1.165) is 25.3 Å². The second-order valence-corrected chi connectivity index (χ2v) is 7.40. The molecule has 114 valence electrons. The second-order valence-electron chi connectivity index (χ2n) is 6.96. The van der Waals surface area contributed by atoms with Crippen molar-refractivity contribution in [3.05, 3.63) is 0 Å². The van der Waals surface area contributed by atoms with Crippen LogP contribution >= 0.6 is 12.2 Å². The van der Waals surface area contributed by atoms with E-state index in [0.29, 0.717) is 16.8 Å². The van der Waals surface area contributed by atoms with E-state index in [1.807, 2.05) is 0 Å². The van der Waals surface area contributed by atoms with Crippen LogP contribution in [-0.2, 0) is 4.79 Å². The van der Waals surface area contributed by atoms with E-state index in [9.17, 15) is 4.79 Å². The molecule has 0 atom stereocenters. The van der Waals surface area contributed by atoms with Crippen molar-refractivity contribution in [2.75, 3.05) is 6.54 Å². The number of amides is 1. The highest BCUT2D eigenvalue weighted by molar-refractivity contribution is 7.80. The first kappa shape index (κ1) is 15.7. The lowest BCUT2D eigenvalue weighted by atomic mass is 9.62. The lowest BCUT2D eigenvalue weighted by molar-refractivity contribution is -0.133. The standard InChI is InChI=1S/C16H28N2OS/c1-3-12-4-6-13(7-5-12)10-18-15(19)16(14(17)20)8-11(2)9-16/h11-13H,3-10H2,1-2H3,(H2,17,20)(H,18,19). The molecule has 2 rings (SSSR count). The van der Waals surface area contributed by atoms with Crippen molar-refractivity contribution < 1.29 is 4.79 Å². The zero-order valence-corrected chi connectivity index (χ0v) is 13.6. The fraction of sp³-hybridized carbons (Fsp3) is 0.875. The van der Waals surface area contributed by atoms with Crippen LogP contribution in [0.1, 0.15) is 58.8 Å². The van der Waals surface area contributed by atoms with E-state index >= 15 is 0 Å². The average molecular weight is 296 g/mol. The molecule has 20 heavy (non-hydrogen) atoms. The Labute approximate surface area is 128 Å². The summed E-state index contributed by atoms with van der Waals surface area (Å²) in [5.41, 5.74) is 5.27. The van der Waals surface area contributed by atoms with Gasteiger partial charge in [-0.1, -0.05) is 45.3 Å². The second kappa shape index (κ2) is 6.42. The van der Waals surface area contributed by atoms with E-state index in [1.54, 1.807) is 0 Å². The van der Waals surface area contributed by atoms with E-state index in [-0.39, 0.29) is 5.91 Å². The van der Waals surface area contributed by atoms with Gasteiger partial charge < -0.3 is 11.1 Å². The van der Waals surface area contributed by atoms with Crippen molar-refractivity contribution in [3.8, 4) is 0 Å². The summed E-state index contributed by atoms with van der Waals surface area (Å²) in [4.78, 5) is 12.8. The van der Waals surface area contributed by atoms with Crippen LogP contribution in [0.25, 0.3) is 0 Å². The lowest BCUT2D eigenvalue weighted by Crippen LogP contribution is -2.56. The molecule has 0 radical (unpaired) electrons. The molecule has 0 saturated heterocycles.